The number of aromatic nitrogens is 2. The lowest BCUT2D eigenvalue weighted by molar-refractivity contribution is -0.123. The van der Waals surface area contributed by atoms with Crippen LogP contribution in [0.25, 0.3) is 0 Å². The van der Waals surface area contributed by atoms with Crippen LogP contribution in [0, 0.1) is 18.8 Å². The van der Waals surface area contributed by atoms with E-state index in [-0.39, 0.29) is 23.7 Å². The number of hydrogen-bond donors (Lipinski definition) is 3. The molecule has 3 heterocycles. The van der Waals surface area contributed by atoms with Crippen LogP contribution in [0.3, 0.4) is 0 Å². The van der Waals surface area contributed by atoms with E-state index in [1.54, 1.807) is 18.2 Å². The maximum absolute atomic E-state index is 13.0. The number of amides is 2. The second-order valence-corrected chi connectivity index (χ2v) is 9.19. The summed E-state index contributed by atoms with van der Waals surface area (Å²) in [4.78, 5) is 47.8. The van der Waals surface area contributed by atoms with Gasteiger partial charge in [-0.2, -0.15) is 4.98 Å². The first-order valence-electron chi connectivity index (χ1n) is 10.5. The van der Waals surface area contributed by atoms with E-state index < -0.39 is 17.4 Å². The summed E-state index contributed by atoms with van der Waals surface area (Å²) < 4.78 is 0. The van der Waals surface area contributed by atoms with Crippen molar-refractivity contribution in [2.45, 2.75) is 39.5 Å². The quantitative estimate of drug-likeness (QED) is 0.674. The largest absolute Gasteiger partial charge is 0.342 e. The number of fused-ring (bicyclic) bond motifs is 1. The third-order valence-electron chi connectivity index (χ3n) is 5.88. The maximum Gasteiger partial charge on any atom is 0.258 e. The molecule has 3 atom stereocenters. The Hall–Kier alpha value is -2.87. The minimum absolute atomic E-state index is 0.125. The lowest BCUT2D eigenvalue weighted by Crippen LogP contribution is -2.42. The van der Waals surface area contributed by atoms with Gasteiger partial charge < -0.3 is 15.5 Å². The molecule has 1 aromatic carbocycles. The molecule has 164 valence electrons. The molecule has 0 aliphatic carbocycles. The molecule has 3 N–H and O–H groups in total. The molecule has 0 spiro atoms. The van der Waals surface area contributed by atoms with E-state index in [0.717, 1.165) is 25.1 Å². The molecule has 2 aliphatic heterocycles. The molecule has 2 aliphatic rings. The Bertz CT molecular complexity index is 1090. The van der Waals surface area contributed by atoms with Crippen molar-refractivity contribution in [1.82, 2.24) is 9.97 Å². The van der Waals surface area contributed by atoms with Gasteiger partial charge in [-0.25, -0.2) is 0 Å². The number of anilines is 3. The Morgan fingerprint density at radius 1 is 1.23 bits per heavy atom. The van der Waals surface area contributed by atoms with E-state index in [2.05, 4.69) is 34.4 Å². The van der Waals surface area contributed by atoms with E-state index in [9.17, 15) is 14.4 Å². The Morgan fingerprint density at radius 3 is 2.65 bits per heavy atom. The first kappa shape index (κ1) is 21.4. The smallest absolute Gasteiger partial charge is 0.258 e. The van der Waals surface area contributed by atoms with Crippen molar-refractivity contribution in [2.75, 3.05) is 28.6 Å². The lowest BCUT2D eigenvalue weighted by Gasteiger charge is -2.35. The summed E-state index contributed by atoms with van der Waals surface area (Å²) in [5.74, 6) is -0.204. The van der Waals surface area contributed by atoms with E-state index in [4.69, 9.17) is 11.6 Å². The highest BCUT2D eigenvalue weighted by atomic mass is 35.5. The van der Waals surface area contributed by atoms with Gasteiger partial charge in [0.1, 0.15) is 5.82 Å². The SMILES string of the molecule is Cc1ccc(Cl)cc1NC(=O)[C@@H]1CC(=O)Nc2nc(N3C[C@H](C)C[C@H](C)C3)[nH]c(=O)c21. The standard InChI is InChI=1S/C22H26ClN5O3/c1-11-6-12(2)10-28(9-11)22-26-19-18(21(31)27-22)15(8-17(29)25-19)20(30)24-16-7-14(23)5-4-13(16)3/h4-5,7,11-12,15H,6,8-10H2,1-3H3,(H,24,30)(H2,25,26,27,29,31)/t11-,12+,15-/m1/s1. The summed E-state index contributed by atoms with van der Waals surface area (Å²) in [6, 6.07) is 5.16. The topological polar surface area (TPSA) is 107 Å². The van der Waals surface area contributed by atoms with Crippen LogP contribution < -0.4 is 21.1 Å². The highest BCUT2D eigenvalue weighted by Gasteiger charge is 2.35. The zero-order chi connectivity index (χ0) is 22.3. The number of halogens is 1. The normalized spacial score (nSPS) is 23.2. The van der Waals surface area contributed by atoms with Gasteiger partial charge >= 0.3 is 0 Å². The molecule has 1 aromatic heterocycles. The summed E-state index contributed by atoms with van der Waals surface area (Å²) in [5, 5.41) is 5.96. The van der Waals surface area contributed by atoms with Crippen LogP contribution in [0.4, 0.5) is 17.5 Å². The molecule has 8 nitrogen and oxygen atoms in total. The molecule has 2 aromatic rings. The fourth-order valence-electron chi connectivity index (χ4n) is 4.52. The molecular formula is C22H26ClN5O3. The number of carbonyl (C=O) groups is 2. The van der Waals surface area contributed by atoms with Crippen molar-refractivity contribution in [2.24, 2.45) is 11.8 Å². The second kappa shape index (κ2) is 8.34. The van der Waals surface area contributed by atoms with Crippen LogP contribution in [0.15, 0.2) is 23.0 Å². The van der Waals surface area contributed by atoms with Crippen LogP contribution in [-0.2, 0) is 9.59 Å². The molecule has 0 bridgehead atoms. The van der Waals surface area contributed by atoms with Crippen LogP contribution in [0.2, 0.25) is 5.02 Å². The molecular weight excluding hydrogens is 418 g/mol. The first-order valence-corrected chi connectivity index (χ1v) is 10.8. The maximum atomic E-state index is 13.0. The molecule has 9 heteroatoms. The molecule has 1 fully saturated rings. The average Bonchev–Trinajstić information content (AvgIpc) is 2.69. The zero-order valence-corrected chi connectivity index (χ0v) is 18.5. The summed E-state index contributed by atoms with van der Waals surface area (Å²) in [5.41, 5.74) is 1.14. The molecule has 0 saturated carbocycles. The van der Waals surface area contributed by atoms with Crippen molar-refractivity contribution in [3.8, 4) is 0 Å². The van der Waals surface area contributed by atoms with Gasteiger partial charge in [-0.3, -0.25) is 19.4 Å². The number of piperidine rings is 1. The number of aromatic amines is 1. The summed E-state index contributed by atoms with van der Waals surface area (Å²) >= 11 is 6.04. The monoisotopic (exact) mass is 443 g/mol. The average molecular weight is 444 g/mol. The molecule has 0 unspecified atom stereocenters. The number of aryl methyl sites for hydroxylation is 1. The van der Waals surface area contributed by atoms with Crippen LogP contribution in [0.5, 0.6) is 0 Å². The van der Waals surface area contributed by atoms with Crippen molar-refractivity contribution in [3.63, 3.8) is 0 Å². The van der Waals surface area contributed by atoms with Crippen molar-refractivity contribution >= 4 is 40.9 Å². The number of hydrogen-bond acceptors (Lipinski definition) is 5. The van der Waals surface area contributed by atoms with E-state index >= 15 is 0 Å². The minimum Gasteiger partial charge on any atom is -0.342 e. The number of H-pyrrole nitrogens is 1. The van der Waals surface area contributed by atoms with Crippen LogP contribution in [-0.4, -0.2) is 34.9 Å². The Kier molecular flexibility index (Phi) is 5.75. The summed E-state index contributed by atoms with van der Waals surface area (Å²) in [6.07, 6.45) is 0.994. The van der Waals surface area contributed by atoms with Gasteiger partial charge in [0.25, 0.3) is 5.56 Å². The molecule has 1 saturated heterocycles. The highest BCUT2D eigenvalue weighted by molar-refractivity contribution is 6.31. The third-order valence-corrected chi connectivity index (χ3v) is 6.12. The third kappa shape index (κ3) is 4.44. The fourth-order valence-corrected chi connectivity index (χ4v) is 4.69. The van der Waals surface area contributed by atoms with Gasteiger partial charge in [-0.1, -0.05) is 31.5 Å². The Balaban J connectivity index is 1.66. The van der Waals surface area contributed by atoms with Gasteiger partial charge in [0, 0.05) is 30.2 Å². The first-order chi connectivity index (χ1) is 14.7. The lowest BCUT2D eigenvalue weighted by atomic mass is 9.91. The number of carbonyl (C=O) groups excluding carboxylic acids is 2. The predicted octanol–water partition coefficient (Wildman–Crippen LogP) is 3.28. The fraction of sp³-hybridized carbons (Fsp3) is 0.455. The minimum atomic E-state index is -0.938. The number of benzene rings is 1. The molecule has 0 radical (unpaired) electrons. The Labute approximate surface area is 185 Å². The second-order valence-electron chi connectivity index (χ2n) is 8.76. The van der Waals surface area contributed by atoms with E-state index in [0.29, 0.717) is 28.5 Å². The zero-order valence-electron chi connectivity index (χ0n) is 17.8. The predicted molar refractivity (Wildman–Crippen MR) is 121 cm³/mol. The highest BCUT2D eigenvalue weighted by Crippen LogP contribution is 2.32. The molecule has 4 rings (SSSR count). The van der Waals surface area contributed by atoms with Gasteiger partial charge in [-0.05, 0) is 42.9 Å². The van der Waals surface area contributed by atoms with Crippen molar-refractivity contribution in [3.05, 3.63) is 44.7 Å². The van der Waals surface area contributed by atoms with E-state index in [1.807, 2.05) is 11.8 Å². The van der Waals surface area contributed by atoms with Crippen LogP contribution in [0.1, 0.15) is 43.7 Å². The molecule has 31 heavy (non-hydrogen) atoms. The van der Waals surface area contributed by atoms with Gasteiger partial charge in [-0.15, -0.1) is 0 Å². The number of nitrogens with one attached hydrogen (secondary N) is 3. The summed E-state index contributed by atoms with van der Waals surface area (Å²) in [7, 11) is 0. The van der Waals surface area contributed by atoms with Crippen LogP contribution >= 0.6 is 11.6 Å². The van der Waals surface area contributed by atoms with E-state index in [1.165, 1.54) is 0 Å². The number of nitrogens with zero attached hydrogens (tertiary/aromatic N) is 2. The van der Waals surface area contributed by atoms with Gasteiger partial charge in [0.05, 0.1) is 11.5 Å². The van der Waals surface area contributed by atoms with Crippen molar-refractivity contribution < 1.29 is 9.59 Å². The van der Waals surface area contributed by atoms with Crippen molar-refractivity contribution in [1.29, 1.82) is 0 Å². The number of rotatable bonds is 3. The Morgan fingerprint density at radius 2 is 1.94 bits per heavy atom. The van der Waals surface area contributed by atoms with Gasteiger partial charge in [0.15, 0.2) is 0 Å². The molecule has 2 amide bonds. The summed E-state index contributed by atoms with van der Waals surface area (Å²) in [6.45, 7) is 7.73. The van der Waals surface area contributed by atoms with Gasteiger partial charge in [0.2, 0.25) is 17.8 Å².